The summed E-state index contributed by atoms with van der Waals surface area (Å²) in [6.07, 6.45) is 0. The molecule has 0 radical (unpaired) electrons. The van der Waals surface area contributed by atoms with Crippen LogP contribution in [0, 0.1) is 0 Å². The molecule has 0 amide bonds. The van der Waals surface area contributed by atoms with Crippen LogP contribution in [0.3, 0.4) is 0 Å². The van der Waals surface area contributed by atoms with Gasteiger partial charge in [0.1, 0.15) is 11.2 Å². The van der Waals surface area contributed by atoms with Gasteiger partial charge in [-0.2, -0.15) is 0 Å². The number of fused-ring (bicyclic) bond motifs is 9. The van der Waals surface area contributed by atoms with Gasteiger partial charge in [0.15, 0.2) is 0 Å². The standard InChI is InChI=1S/C48H29NOS2/c1-3-13-30(14-4-1)33-25-28-44-46(37-19-9-11-21-42(37)51-44)47(33)49(32-23-27-41-38(29-32)35-17-7-10-20-40(35)50-41)39-26-24-34(31-15-5-2-6-16-31)48-45(39)36-18-8-12-22-43(36)52-48/h1-29H. The Bertz CT molecular complexity index is 3130. The van der Waals surface area contributed by atoms with Gasteiger partial charge in [0, 0.05) is 62.4 Å². The van der Waals surface area contributed by atoms with E-state index in [4.69, 9.17) is 4.42 Å². The molecule has 11 aromatic rings. The summed E-state index contributed by atoms with van der Waals surface area (Å²) in [6, 6.07) is 63.7. The second kappa shape index (κ2) is 11.7. The van der Waals surface area contributed by atoms with Crippen molar-refractivity contribution in [3.63, 3.8) is 0 Å². The first kappa shape index (κ1) is 29.5. The molecular formula is C48H29NOS2. The molecule has 4 heteroatoms. The second-order valence-electron chi connectivity index (χ2n) is 13.2. The summed E-state index contributed by atoms with van der Waals surface area (Å²) in [7, 11) is 0. The van der Waals surface area contributed by atoms with Gasteiger partial charge in [-0.1, -0.05) is 127 Å². The highest BCUT2D eigenvalue weighted by Gasteiger charge is 2.27. The van der Waals surface area contributed by atoms with Crippen LogP contribution in [-0.4, -0.2) is 0 Å². The molecule has 3 aromatic heterocycles. The first-order valence-electron chi connectivity index (χ1n) is 17.5. The Kier molecular flexibility index (Phi) is 6.63. The van der Waals surface area contributed by atoms with Crippen LogP contribution >= 0.6 is 22.7 Å². The van der Waals surface area contributed by atoms with Gasteiger partial charge in [-0.25, -0.2) is 0 Å². The number of hydrogen-bond acceptors (Lipinski definition) is 4. The van der Waals surface area contributed by atoms with E-state index >= 15 is 0 Å². The quantitative estimate of drug-likeness (QED) is 0.178. The molecule has 52 heavy (non-hydrogen) atoms. The molecule has 0 fully saturated rings. The Hall–Kier alpha value is -6.20. The van der Waals surface area contributed by atoms with E-state index in [0.717, 1.165) is 33.3 Å². The first-order valence-corrected chi connectivity index (χ1v) is 19.1. The van der Waals surface area contributed by atoms with Crippen molar-refractivity contribution < 1.29 is 4.42 Å². The summed E-state index contributed by atoms with van der Waals surface area (Å²) >= 11 is 3.74. The fraction of sp³-hybridized carbons (Fsp3) is 0. The zero-order valence-corrected chi connectivity index (χ0v) is 29.5. The Morgan fingerprint density at radius 1 is 0.404 bits per heavy atom. The van der Waals surface area contributed by atoms with Crippen molar-refractivity contribution in [1.29, 1.82) is 0 Å². The summed E-state index contributed by atoms with van der Waals surface area (Å²) < 4.78 is 11.5. The number of nitrogens with zero attached hydrogens (tertiary/aromatic N) is 1. The lowest BCUT2D eigenvalue weighted by molar-refractivity contribution is 0.669. The highest BCUT2D eigenvalue weighted by atomic mass is 32.1. The molecule has 0 spiro atoms. The minimum Gasteiger partial charge on any atom is -0.456 e. The molecule has 2 nitrogen and oxygen atoms in total. The molecule has 0 aliphatic carbocycles. The van der Waals surface area contributed by atoms with Crippen molar-refractivity contribution in [3.05, 3.63) is 176 Å². The second-order valence-corrected chi connectivity index (χ2v) is 15.3. The predicted molar refractivity (Wildman–Crippen MR) is 225 cm³/mol. The first-order chi connectivity index (χ1) is 25.8. The molecule has 8 aromatic carbocycles. The third-order valence-electron chi connectivity index (χ3n) is 10.3. The van der Waals surface area contributed by atoms with E-state index in [1.54, 1.807) is 0 Å². The largest absolute Gasteiger partial charge is 0.456 e. The zero-order valence-electron chi connectivity index (χ0n) is 27.9. The van der Waals surface area contributed by atoms with E-state index < -0.39 is 0 Å². The maximum Gasteiger partial charge on any atom is 0.135 e. The Balaban J connectivity index is 1.33. The number of hydrogen-bond donors (Lipinski definition) is 0. The van der Waals surface area contributed by atoms with Gasteiger partial charge >= 0.3 is 0 Å². The van der Waals surface area contributed by atoms with Gasteiger partial charge in [-0.05, 0) is 65.2 Å². The predicted octanol–water partition coefficient (Wildman–Crippen LogP) is 15.1. The monoisotopic (exact) mass is 699 g/mol. The number of benzene rings is 8. The van der Waals surface area contributed by atoms with Crippen LogP contribution in [0.4, 0.5) is 17.1 Å². The topological polar surface area (TPSA) is 16.4 Å². The minimum atomic E-state index is 0.887. The molecule has 0 saturated carbocycles. The lowest BCUT2D eigenvalue weighted by Gasteiger charge is -2.30. The van der Waals surface area contributed by atoms with E-state index in [1.165, 1.54) is 68.3 Å². The molecule has 0 aliphatic rings. The highest BCUT2D eigenvalue weighted by molar-refractivity contribution is 7.26. The molecule has 0 aliphatic heterocycles. The number of furan rings is 1. The molecule has 0 saturated heterocycles. The number of para-hydroxylation sites is 1. The van der Waals surface area contributed by atoms with Crippen molar-refractivity contribution in [3.8, 4) is 22.3 Å². The van der Waals surface area contributed by atoms with Crippen LogP contribution in [0.1, 0.15) is 0 Å². The molecule has 0 bridgehead atoms. The van der Waals surface area contributed by atoms with Crippen LogP contribution in [0.5, 0.6) is 0 Å². The normalized spacial score (nSPS) is 11.8. The zero-order chi connectivity index (χ0) is 34.2. The molecule has 0 N–H and O–H groups in total. The minimum absolute atomic E-state index is 0.887. The average Bonchev–Trinajstić information content (AvgIpc) is 3.90. The molecule has 244 valence electrons. The Morgan fingerprint density at radius 2 is 1.00 bits per heavy atom. The van der Waals surface area contributed by atoms with Gasteiger partial charge < -0.3 is 9.32 Å². The van der Waals surface area contributed by atoms with Crippen LogP contribution in [0.25, 0.3) is 84.5 Å². The van der Waals surface area contributed by atoms with Gasteiger partial charge in [0.25, 0.3) is 0 Å². The van der Waals surface area contributed by atoms with Crippen molar-refractivity contribution in [2.75, 3.05) is 4.90 Å². The van der Waals surface area contributed by atoms with Crippen molar-refractivity contribution in [2.45, 2.75) is 0 Å². The van der Waals surface area contributed by atoms with Crippen molar-refractivity contribution >= 4 is 102 Å². The summed E-state index contributed by atoms with van der Waals surface area (Å²) in [5.41, 5.74) is 10.0. The summed E-state index contributed by atoms with van der Waals surface area (Å²) in [6.45, 7) is 0. The molecular weight excluding hydrogens is 671 g/mol. The van der Waals surface area contributed by atoms with Crippen LogP contribution in [0.2, 0.25) is 0 Å². The smallest absolute Gasteiger partial charge is 0.135 e. The van der Waals surface area contributed by atoms with E-state index in [2.05, 4.69) is 175 Å². The van der Waals surface area contributed by atoms with Gasteiger partial charge in [-0.15, -0.1) is 22.7 Å². The van der Waals surface area contributed by atoms with E-state index in [-0.39, 0.29) is 0 Å². The van der Waals surface area contributed by atoms with E-state index in [0.29, 0.717) is 0 Å². The average molecular weight is 700 g/mol. The van der Waals surface area contributed by atoms with Gasteiger partial charge in [-0.3, -0.25) is 0 Å². The summed E-state index contributed by atoms with van der Waals surface area (Å²) in [5.74, 6) is 0. The third-order valence-corrected chi connectivity index (χ3v) is 12.6. The summed E-state index contributed by atoms with van der Waals surface area (Å²) in [5, 5.41) is 7.27. The fourth-order valence-electron chi connectivity index (χ4n) is 7.97. The lowest BCUT2D eigenvalue weighted by atomic mass is 9.96. The van der Waals surface area contributed by atoms with E-state index in [9.17, 15) is 0 Å². The van der Waals surface area contributed by atoms with Crippen LogP contribution < -0.4 is 4.90 Å². The van der Waals surface area contributed by atoms with Crippen molar-refractivity contribution in [1.82, 2.24) is 0 Å². The van der Waals surface area contributed by atoms with Gasteiger partial charge in [0.2, 0.25) is 0 Å². The fourth-order valence-corrected chi connectivity index (χ4v) is 10.3. The molecule has 0 unspecified atom stereocenters. The lowest BCUT2D eigenvalue weighted by Crippen LogP contribution is -2.12. The number of anilines is 3. The summed E-state index contributed by atoms with van der Waals surface area (Å²) in [4.78, 5) is 2.54. The number of rotatable bonds is 5. The third kappa shape index (κ3) is 4.48. The molecule has 3 heterocycles. The van der Waals surface area contributed by atoms with Crippen LogP contribution in [0.15, 0.2) is 180 Å². The van der Waals surface area contributed by atoms with Crippen LogP contribution in [-0.2, 0) is 0 Å². The number of thiophene rings is 2. The maximum atomic E-state index is 6.37. The Labute approximate surface area is 308 Å². The maximum absolute atomic E-state index is 6.37. The molecule has 11 rings (SSSR count). The molecule has 0 atom stereocenters. The highest BCUT2D eigenvalue weighted by Crippen LogP contribution is 2.54. The van der Waals surface area contributed by atoms with E-state index in [1.807, 2.05) is 28.7 Å². The Morgan fingerprint density at radius 3 is 1.77 bits per heavy atom. The van der Waals surface area contributed by atoms with Gasteiger partial charge in [0.05, 0.1) is 11.4 Å². The SMILES string of the molecule is c1ccc(-c2ccc3sc4ccccc4c3c2N(c2ccc3oc4ccccc4c3c2)c2ccc(-c3ccccc3)c3sc4ccccc4c23)cc1. The van der Waals surface area contributed by atoms with Crippen molar-refractivity contribution in [2.24, 2.45) is 0 Å².